The van der Waals surface area contributed by atoms with Gasteiger partial charge in [-0.2, -0.15) is 0 Å². The molecule has 0 aliphatic carbocycles. The summed E-state index contributed by atoms with van der Waals surface area (Å²) in [4.78, 5) is 0.106. The first kappa shape index (κ1) is 19.1. The molecule has 0 fully saturated rings. The highest BCUT2D eigenvalue weighted by atomic mass is 32.2. The van der Waals surface area contributed by atoms with Crippen LogP contribution in [0.1, 0.15) is 0 Å². The van der Waals surface area contributed by atoms with E-state index >= 15 is 0 Å². The Labute approximate surface area is 158 Å². The van der Waals surface area contributed by atoms with Crippen molar-refractivity contribution in [1.29, 1.82) is 0 Å². The molecule has 146 valence electrons. The van der Waals surface area contributed by atoms with Gasteiger partial charge in [0.2, 0.25) is 10.0 Å². The Hall–Kier alpha value is -2.65. The number of ether oxygens (including phenoxy) is 5. The molecule has 9 heteroatoms. The van der Waals surface area contributed by atoms with Gasteiger partial charge in [0.15, 0.2) is 11.5 Å². The minimum Gasteiger partial charge on any atom is -0.496 e. The van der Waals surface area contributed by atoms with Crippen molar-refractivity contribution in [3.05, 3.63) is 36.4 Å². The van der Waals surface area contributed by atoms with E-state index in [2.05, 4.69) is 4.72 Å². The Balaban J connectivity index is 1.58. The van der Waals surface area contributed by atoms with Gasteiger partial charge in [0.05, 0.1) is 19.1 Å². The summed E-state index contributed by atoms with van der Waals surface area (Å²) in [7, 11) is -0.605. The number of rotatable bonds is 8. The third kappa shape index (κ3) is 4.75. The average Bonchev–Trinajstić information content (AvgIpc) is 2.70. The number of hydrogen-bond acceptors (Lipinski definition) is 7. The molecule has 8 nitrogen and oxygen atoms in total. The van der Waals surface area contributed by atoms with Gasteiger partial charge in [-0.25, -0.2) is 13.1 Å². The van der Waals surface area contributed by atoms with E-state index in [0.717, 1.165) is 0 Å². The van der Waals surface area contributed by atoms with Crippen LogP contribution < -0.4 is 28.4 Å². The monoisotopic (exact) mass is 395 g/mol. The SMILES string of the molecule is COc1cc(OC)cc(OCCNS(=O)(=O)c2ccc3c(c2)OCCO3)c1. The maximum atomic E-state index is 12.4. The van der Waals surface area contributed by atoms with Gasteiger partial charge in [-0.3, -0.25) is 0 Å². The predicted octanol–water partition coefficient (Wildman–Crippen LogP) is 1.83. The number of sulfonamides is 1. The van der Waals surface area contributed by atoms with Crippen molar-refractivity contribution in [2.75, 3.05) is 40.6 Å². The molecule has 0 unspecified atom stereocenters. The number of fused-ring (bicyclic) bond motifs is 1. The highest BCUT2D eigenvalue weighted by Crippen LogP contribution is 2.32. The molecule has 0 saturated carbocycles. The molecule has 3 rings (SSSR count). The van der Waals surface area contributed by atoms with Crippen LogP contribution in [0.2, 0.25) is 0 Å². The third-order valence-electron chi connectivity index (χ3n) is 3.81. The molecule has 1 heterocycles. The summed E-state index contributed by atoms with van der Waals surface area (Å²) in [5.41, 5.74) is 0. The second-order valence-corrected chi connectivity index (χ2v) is 7.37. The lowest BCUT2D eigenvalue weighted by molar-refractivity contribution is 0.171. The topological polar surface area (TPSA) is 92.3 Å². The minimum atomic E-state index is -3.69. The summed E-state index contributed by atoms with van der Waals surface area (Å²) in [6.07, 6.45) is 0. The van der Waals surface area contributed by atoms with Gasteiger partial charge < -0.3 is 23.7 Å². The highest BCUT2D eigenvalue weighted by molar-refractivity contribution is 7.89. The first-order valence-corrected chi connectivity index (χ1v) is 9.75. The predicted molar refractivity (Wildman–Crippen MR) is 97.7 cm³/mol. The Morgan fingerprint density at radius 2 is 1.56 bits per heavy atom. The first-order chi connectivity index (χ1) is 13.0. The minimum absolute atomic E-state index is 0.0936. The number of methoxy groups -OCH3 is 2. The van der Waals surface area contributed by atoms with Crippen LogP contribution in [-0.4, -0.2) is 49.0 Å². The molecule has 0 aromatic heterocycles. The number of hydrogen-bond donors (Lipinski definition) is 1. The molecule has 0 radical (unpaired) electrons. The van der Waals surface area contributed by atoms with Crippen molar-refractivity contribution in [2.24, 2.45) is 0 Å². The molecule has 2 aromatic rings. The van der Waals surface area contributed by atoms with Crippen LogP contribution in [0.3, 0.4) is 0 Å². The summed E-state index contributed by atoms with van der Waals surface area (Å²) in [6, 6.07) is 9.61. The molecule has 0 spiro atoms. The summed E-state index contributed by atoms with van der Waals surface area (Å²) >= 11 is 0. The van der Waals surface area contributed by atoms with Crippen molar-refractivity contribution in [2.45, 2.75) is 4.90 Å². The van der Waals surface area contributed by atoms with Gasteiger partial charge in [0.1, 0.15) is 37.1 Å². The number of benzene rings is 2. The van der Waals surface area contributed by atoms with Crippen molar-refractivity contribution >= 4 is 10.0 Å². The van der Waals surface area contributed by atoms with Crippen LogP contribution in [0, 0.1) is 0 Å². The average molecular weight is 395 g/mol. The van der Waals surface area contributed by atoms with Crippen LogP contribution in [0.15, 0.2) is 41.3 Å². The van der Waals surface area contributed by atoms with Crippen LogP contribution >= 0.6 is 0 Å². The van der Waals surface area contributed by atoms with E-state index in [1.165, 1.54) is 12.1 Å². The first-order valence-electron chi connectivity index (χ1n) is 8.27. The third-order valence-corrected chi connectivity index (χ3v) is 5.27. The van der Waals surface area contributed by atoms with Crippen molar-refractivity contribution in [3.63, 3.8) is 0 Å². The highest BCUT2D eigenvalue weighted by Gasteiger charge is 2.19. The fourth-order valence-electron chi connectivity index (χ4n) is 2.48. The van der Waals surface area contributed by atoms with Crippen molar-refractivity contribution < 1.29 is 32.1 Å². The lowest BCUT2D eigenvalue weighted by atomic mass is 10.3. The van der Waals surface area contributed by atoms with Gasteiger partial charge in [-0.15, -0.1) is 0 Å². The van der Waals surface area contributed by atoms with Crippen LogP contribution in [0.4, 0.5) is 0 Å². The smallest absolute Gasteiger partial charge is 0.240 e. The van der Waals surface area contributed by atoms with Gasteiger partial charge in [0.25, 0.3) is 0 Å². The zero-order valence-electron chi connectivity index (χ0n) is 15.1. The second-order valence-electron chi connectivity index (χ2n) is 5.60. The van der Waals surface area contributed by atoms with E-state index in [9.17, 15) is 8.42 Å². The standard InChI is InChI=1S/C18H21NO7S/c1-22-13-9-14(23-2)11-15(10-13)24-6-5-19-27(20,21)16-3-4-17-18(12-16)26-8-7-25-17/h3-4,9-12,19H,5-8H2,1-2H3. The number of nitrogens with one attached hydrogen (secondary N) is 1. The van der Waals surface area contributed by atoms with Crippen molar-refractivity contribution in [3.8, 4) is 28.7 Å². The Bertz CT molecular complexity index is 876. The van der Waals surface area contributed by atoms with Gasteiger partial charge >= 0.3 is 0 Å². The molecule has 1 N–H and O–H groups in total. The summed E-state index contributed by atoms with van der Waals surface area (Å²) < 4.78 is 54.1. The van der Waals surface area contributed by atoms with Gasteiger partial charge in [0, 0.05) is 30.8 Å². The fourth-order valence-corrected chi connectivity index (χ4v) is 3.51. The molecule has 0 amide bonds. The van der Waals surface area contributed by atoms with E-state index in [-0.39, 0.29) is 18.0 Å². The van der Waals surface area contributed by atoms with Crippen LogP contribution in [0.25, 0.3) is 0 Å². The molecule has 0 atom stereocenters. The fraction of sp³-hybridized carbons (Fsp3) is 0.333. The van der Waals surface area contributed by atoms with E-state index in [0.29, 0.717) is 42.0 Å². The molecule has 1 aliphatic rings. The molecular formula is C18H21NO7S. The molecule has 2 aromatic carbocycles. The van der Waals surface area contributed by atoms with E-state index < -0.39 is 10.0 Å². The lowest BCUT2D eigenvalue weighted by Gasteiger charge is -2.19. The maximum absolute atomic E-state index is 12.4. The molecule has 27 heavy (non-hydrogen) atoms. The summed E-state index contributed by atoms with van der Waals surface area (Å²) in [5, 5.41) is 0. The largest absolute Gasteiger partial charge is 0.496 e. The summed E-state index contributed by atoms with van der Waals surface area (Å²) in [6.45, 7) is 1.07. The quantitative estimate of drug-likeness (QED) is 0.682. The normalized spacial score (nSPS) is 13.1. The summed E-state index contributed by atoms with van der Waals surface area (Å²) in [5.74, 6) is 2.64. The lowest BCUT2D eigenvalue weighted by Crippen LogP contribution is -2.28. The zero-order valence-corrected chi connectivity index (χ0v) is 15.9. The van der Waals surface area contributed by atoms with Crippen LogP contribution in [0.5, 0.6) is 28.7 Å². The maximum Gasteiger partial charge on any atom is 0.240 e. The molecule has 1 aliphatic heterocycles. The van der Waals surface area contributed by atoms with E-state index in [4.69, 9.17) is 23.7 Å². The zero-order chi connectivity index (χ0) is 19.3. The van der Waals surface area contributed by atoms with E-state index in [1.54, 1.807) is 38.5 Å². The van der Waals surface area contributed by atoms with Crippen LogP contribution in [-0.2, 0) is 10.0 Å². The van der Waals surface area contributed by atoms with E-state index in [1.807, 2.05) is 0 Å². The molecular weight excluding hydrogens is 374 g/mol. The molecule has 0 saturated heterocycles. The van der Waals surface area contributed by atoms with Gasteiger partial charge in [-0.05, 0) is 12.1 Å². The Morgan fingerprint density at radius 1 is 0.926 bits per heavy atom. The van der Waals surface area contributed by atoms with Gasteiger partial charge in [-0.1, -0.05) is 0 Å². The second kappa shape index (κ2) is 8.36. The molecule has 0 bridgehead atoms. The Morgan fingerprint density at radius 3 is 2.22 bits per heavy atom. The van der Waals surface area contributed by atoms with Crippen molar-refractivity contribution in [1.82, 2.24) is 4.72 Å². The Kier molecular flexibility index (Phi) is 5.92.